The summed E-state index contributed by atoms with van der Waals surface area (Å²) in [6.45, 7) is 1.45. The van der Waals surface area contributed by atoms with Gasteiger partial charge in [0.1, 0.15) is 5.84 Å². The van der Waals surface area contributed by atoms with E-state index in [1.807, 2.05) is 65.8 Å². The van der Waals surface area contributed by atoms with Gasteiger partial charge in [-0.05, 0) is 46.2 Å². The van der Waals surface area contributed by atoms with Crippen molar-refractivity contribution in [2.75, 3.05) is 13.1 Å². The largest absolute Gasteiger partial charge is 0.367 e. The molecule has 3 aliphatic heterocycles. The Morgan fingerprint density at radius 3 is 2.58 bits per heavy atom. The number of pyridine rings is 1. The number of hydrogen-bond acceptors (Lipinski definition) is 3. The SMILES string of the molecule is OC1(c2ccc(Cl)cc2)c2ccccc2C2=NCCN21.c1ccc2c3cc[nH]cc-3cc2c1. The maximum Gasteiger partial charge on any atom is 0.193 e. The molecule has 0 aromatic heterocycles. The summed E-state index contributed by atoms with van der Waals surface area (Å²) in [6.07, 6.45) is 4.00. The number of hydrogen-bond donors (Lipinski definition) is 2. The number of aromatic nitrogens is 1. The quantitative estimate of drug-likeness (QED) is 0.334. The van der Waals surface area contributed by atoms with Gasteiger partial charge in [0.15, 0.2) is 5.72 Å². The van der Waals surface area contributed by atoms with Gasteiger partial charge < -0.3 is 15.0 Å². The highest BCUT2D eigenvalue weighted by molar-refractivity contribution is 6.30. The normalized spacial score (nSPS) is 18.6. The van der Waals surface area contributed by atoms with Crippen LogP contribution in [-0.2, 0) is 5.72 Å². The molecule has 3 aromatic carbocycles. The number of halogens is 1. The number of nitrogens with zero attached hydrogens (tertiary/aromatic N) is 2. The Balaban J connectivity index is 0.000000137. The molecule has 4 nitrogen and oxygen atoms in total. The molecule has 33 heavy (non-hydrogen) atoms. The van der Waals surface area contributed by atoms with Crippen LogP contribution in [0.15, 0.2) is 102 Å². The van der Waals surface area contributed by atoms with Crippen molar-refractivity contribution in [3.05, 3.63) is 119 Å². The van der Waals surface area contributed by atoms with E-state index in [0.717, 1.165) is 35.6 Å². The maximum absolute atomic E-state index is 11.4. The molecule has 0 radical (unpaired) electrons. The lowest BCUT2D eigenvalue weighted by Crippen LogP contribution is -2.43. The molecule has 5 heteroatoms. The third-order valence-electron chi connectivity index (χ3n) is 6.48. The first-order valence-electron chi connectivity index (χ1n) is 11.0. The molecule has 2 N–H and O–H groups in total. The van der Waals surface area contributed by atoms with Crippen LogP contribution in [0.25, 0.3) is 21.9 Å². The Kier molecular flexibility index (Phi) is 4.72. The van der Waals surface area contributed by atoms with Crippen LogP contribution < -0.4 is 0 Å². The Morgan fingerprint density at radius 1 is 0.909 bits per heavy atom. The second-order valence-electron chi connectivity index (χ2n) is 8.33. The van der Waals surface area contributed by atoms with Gasteiger partial charge in [-0.15, -0.1) is 0 Å². The molecule has 4 aliphatic rings. The van der Waals surface area contributed by atoms with Crippen LogP contribution in [-0.4, -0.2) is 33.9 Å². The zero-order valence-electron chi connectivity index (χ0n) is 17.9. The summed E-state index contributed by atoms with van der Waals surface area (Å²) in [7, 11) is 0. The van der Waals surface area contributed by atoms with Gasteiger partial charge in [-0.2, -0.15) is 0 Å². The van der Waals surface area contributed by atoms with Gasteiger partial charge in [-0.25, -0.2) is 0 Å². The summed E-state index contributed by atoms with van der Waals surface area (Å²) in [6, 6.07) is 28.1. The van der Waals surface area contributed by atoms with E-state index in [1.165, 1.54) is 21.9 Å². The Hall–Kier alpha value is -3.60. The molecule has 0 bridgehead atoms. The van der Waals surface area contributed by atoms with Crippen molar-refractivity contribution in [1.82, 2.24) is 9.88 Å². The van der Waals surface area contributed by atoms with Crippen LogP contribution in [0, 0.1) is 0 Å². The first-order valence-corrected chi connectivity index (χ1v) is 11.4. The van der Waals surface area contributed by atoms with Gasteiger partial charge in [0.05, 0.1) is 6.54 Å². The fourth-order valence-corrected chi connectivity index (χ4v) is 5.08. The fraction of sp³-hybridized carbons (Fsp3) is 0.107. The second kappa shape index (κ2) is 7.77. The number of fused-ring (bicyclic) bond motifs is 6. The molecule has 0 amide bonds. The highest BCUT2D eigenvalue weighted by atomic mass is 35.5. The average Bonchev–Trinajstić information content (AvgIpc) is 3.55. The minimum absolute atomic E-state index is 0.666. The molecule has 1 atom stereocenters. The predicted octanol–water partition coefficient (Wildman–Crippen LogP) is 5.88. The number of nitrogens with one attached hydrogen (secondary N) is 1. The number of aromatic amines is 1. The monoisotopic (exact) mass is 451 g/mol. The van der Waals surface area contributed by atoms with E-state index in [0.29, 0.717) is 5.02 Å². The van der Waals surface area contributed by atoms with E-state index in [9.17, 15) is 5.11 Å². The smallest absolute Gasteiger partial charge is 0.193 e. The van der Waals surface area contributed by atoms with E-state index in [1.54, 1.807) is 0 Å². The number of amidine groups is 1. The molecule has 0 fully saturated rings. The van der Waals surface area contributed by atoms with E-state index < -0.39 is 5.72 Å². The lowest BCUT2D eigenvalue weighted by molar-refractivity contribution is -0.0242. The van der Waals surface area contributed by atoms with E-state index in [-0.39, 0.29) is 0 Å². The van der Waals surface area contributed by atoms with Crippen molar-refractivity contribution < 1.29 is 5.11 Å². The van der Waals surface area contributed by atoms with Gasteiger partial charge in [-0.1, -0.05) is 72.3 Å². The standard InChI is InChI=1S/C16H13ClN2O.C12H9N/c17-12-7-5-11(6-8-12)16(20)14-4-2-1-3-13(14)15-18-9-10-19(15)16;1-2-4-11-9(3-1)7-10-8-13-6-5-12(10)11/h1-8,20H,9-10H2;1-8,13H. The molecular formula is C28H22ClN3O. The second-order valence-corrected chi connectivity index (χ2v) is 8.76. The van der Waals surface area contributed by atoms with Gasteiger partial charge >= 0.3 is 0 Å². The summed E-state index contributed by atoms with van der Waals surface area (Å²) in [4.78, 5) is 9.60. The summed E-state index contributed by atoms with van der Waals surface area (Å²) < 4.78 is 0. The highest BCUT2D eigenvalue weighted by Crippen LogP contribution is 2.43. The third-order valence-corrected chi connectivity index (χ3v) is 6.73. The fourth-order valence-electron chi connectivity index (χ4n) is 4.96. The molecular weight excluding hydrogens is 430 g/mol. The van der Waals surface area contributed by atoms with Gasteiger partial charge in [0.2, 0.25) is 0 Å². The zero-order valence-corrected chi connectivity index (χ0v) is 18.6. The summed E-state index contributed by atoms with van der Waals surface area (Å²) in [5.41, 5.74) is 4.19. The molecule has 3 aromatic rings. The van der Waals surface area contributed by atoms with E-state index in [2.05, 4.69) is 46.4 Å². The minimum atomic E-state index is -1.14. The Morgan fingerprint density at radius 2 is 1.70 bits per heavy atom. The molecule has 1 aliphatic carbocycles. The van der Waals surface area contributed by atoms with E-state index in [4.69, 9.17) is 11.6 Å². The van der Waals surface area contributed by atoms with Crippen LogP contribution in [0.5, 0.6) is 0 Å². The van der Waals surface area contributed by atoms with Gasteiger partial charge in [0.25, 0.3) is 0 Å². The molecule has 162 valence electrons. The van der Waals surface area contributed by atoms with Crippen molar-refractivity contribution in [1.29, 1.82) is 0 Å². The predicted molar refractivity (Wildman–Crippen MR) is 134 cm³/mol. The maximum atomic E-state index is 11.4. The van der Waals surface area contributed by atoms with Crippen LogP contribution in [0.1, 0.15) is 16.7 Å². The Labute approximate surface area is 197 Å². The van der Waals surface area contributed by atoms with E-state index >= 15 is 0 Å². The van der Waals surface area contributed by atoms with Gasteiger partial charge in [0, 0.05) is 40.7 Å². The van der Waals surface area contributed by atoms with Crippen molar-refractivity contribution >= 4 is 28.2 Å². The zero-order chi connectivity index (χ0) is 22.4. The number of benzene rings is 3. The minimum Gasteiger partial charge on any atom is -0.367 e. The van der Waals surface area contributed by atoms with Crippen molar-refractivity contribution in [3.8, 4) is 11.1 Å². The topological polar surface area (TPSA) is 51.6 Å². The highest BCUT2D eigenvalue weighted by Gasteiger charge is 2.49. The van der Waals surface area contributed by atoms with Crippen molar-refractivity contribution in [2.45, 2.75) is 5.72 Å². The summed E-state index contributed by atoms with van der Waals surface area (Å²) in [5.74, 6) is 0.887. The van der Waals surface area contributed by atoms with Crippen molar-refractivity contribution in [2.24, 2.45) is 4.99 Å². The lowest BCUT2D eigenvalue weighted by Gasteiger charge is -2.33. The first-order chi connectivity index (χ1) is 16.2. The van der Waals surface area contributed by atoms with Crippen LogP contribution in [0.2, 0.25) is 5.02 Å². The third kappa shape index (κ3) is 3.14. The number of rotatable bonds is 1. The molecule has 3 heterocycles. The number of aliphatic hydroxyl groups is 1. The average molecular weight is 452 g/mol. The number of H-pyrrole nitrogens is 1. The molecule has 0 spiro atoms. The van der Waals surface area contributed by atoms with Crippen molar-refractivity contribution in [3.63, 3.8) is 0 Å². The molecule has 7 rings (SSSR count). The van der Waals surface area contributed by atoms with Gasteiger partial charge in [-0.3, -0.25) is 4.99 Å². The lowest BCUT2D eigenvalue weighted by atomic mass is 9.94. The molecule has 1 unspecified atom stereocenters. The number of aliphatic imine (C=N–C) groups is 1. The molecule has 0 saturated carbocycles. The summed E-state index contributed by atoms with van der Waals surface area (Å²) >= 11 is 5.96. The first kappa shape index (κ1) is 20.0. The summed E-state index contributed by atoms with van der Waals surface area (Å²) in [5, 5.41) is 14.7. The van der Waals surface area contributed by atoms with Crippen LogP contribution >= 0.6 is 11.6 Å². The molecule has 0 saturated heterocycles. The van der Waals surface area contributed by atoms with Crippen LogP contribution in [0.4, 0.5) is 0 Å². The van der Waals surface area contributed by atoms with Crippen LogP contribution in [0.3, 0.4) is 0 Å². The Bertz CT molecular complexity index is 1460.